The van der Waals surface area contributed by atoms with Gasteiger partial charge < -0.3 is 19.5 Å². The van der Waals surface area contributed by atoms with Crippen molar-refractivity contribution in [2.75, 3.05) is 32.3 Å². The largest absolute Gasteiger partial charge is 0.497 e. The molecule has 0 spiro atoms. The van der Waals surface area contributed by atoms with Crippen LogP contribution in [0.1, 0.15) is 5.56 Å². The molecule has 0 aliphatic heterocycles. The predicted molar refractivity (Wildman–Crippen MR) is 106 cm³/mol. The highest BCUT2D eigenvalue weighted by molar-refractivity contribution is 5.84. The number of benzene rings is 2. The molecule has 1 N–H and O–H groups in total. The first-order valence-electron chi connectivity index (χ1n) is 8.45. The van der Waals surface area contributed by atoms with E-state index < -0.39 is 0 Å². The Bertz CT molecular complexity index is 986. The Morgan fingerprint density at radius 1 is 0.926 bits per heavy atom. The molecule has 138 valence electrons. The maximum atomic E-state index is 9.02. The topological polar surface area (TPSA) is 67.7 Å². The van der Waals surface area contributed by atoms with Crippen LogP contribution in [0.4, 0.5) is 11.4 Å². The summed E-state index contributed by atoms with van der Waals surface area (Å²) < 4.78 is 10.8. The van der Waals surface area contributed by atoms with Gasteiger partial charge in [0.05, 0.1) is 31.8 Å². The summed E-state index contributed by atoms with van der Waals surface area (Å²) >= 11 is 0. The lowest BCUT2D eigenvalue weighted by Gasteiger charge is -2.24. The van der Waals surface area contributed by atoms with Gasteiger partial charge >= 0.3 is 0 Å². The number of hydrogen-bond donors (Lipinski definition) is 1. The zero-order valence-electron chi connectivity index (χ0n) is 15.6. The zero-order chi connectivity index (χ0) is 19.2. The average molecular weight is 363 g/mol. The second-order valence-electron chi connectivity index (χ2n) is 5.86. The summed E-state index contributed by atoms with van der Waals surface area (Å²) in [7, 11) is 3.23. The molecular formula is C21H21N3O3. The van der Waals surface area contributed by atoms with Crippen molar-refractivity contribution >= 4 is 22.4 Å². The van der Waals surface area contributed by atoms with E-state index in [1.165, 1.54) is 0 Å². The van der Waals surface area contributed by atoms with E-state index in [-0.39, 0.29) is 6.61 Å². The third-order valence-corrected chi connectivity index (χ3v) is 4.15. The van der Waals surface area contributed by atoms with Crippen LogP contribution in [0.25, 0.3) is 11.0 Å². The molecule has 3 aromatic rings. The lowest BCUT2D eigenvalue weighted by atomic mass is 10.1. The first-order valence-corrected chi connectivity index (χ1v) is 8.45. The number of hydrogen-bond acceptors (Lipinski definition) is 6. The normalized spacial score (nSPS) is 10.2. The van der Waals surface area contributed by atoms with Crippen LogP contribution < -0.4 is 14.4 Å². The molecule has 3 rings (SSSR count). The Kier molecular flexibility index (Phi) is 5.74. The van der Waals surface area contributed by atoms with Crippen LogP contribution in [0.15, 0.2) is 42.7 Å². The average Bonchev–Trinajstić information content (AvgIpc) is 2.70. The van der Waals surface area contributed by atoms with Gasteiger partial charge in [0, 0.05) is 42.0 Å². The van der Waals surface area contributed by atoms with Crippen molar-refractivity contribution in [1.82, 2.24) is 9.97 Å². The van der Waals surface area contributed by atoms with Crippen molar-refractivity contribution < 1.29 is 14.6 Å². The molecule has 0 saturated carbocycles. The SMILES string of the molecule is COc1cc(OC)cc(N(CC#CCO)c2cc(C)c3nccnc3c2)c1. The molecule has 0 saturated heterocycles. The summed E-state index contributed by atoms with van der Waals surface area (Å²) in [5, 5.41) is 9.02. The number of aliphatic hydroxyl groups is 1. The summed E-state index contributed by atoms with van der Waals surface area (Å²) in [4.78, 5) is 10.9. The third-order valence-electron chi connectivity index (χ3n) is 4.15. The third kappa shape index (κ3) is 4.10. The summed E-state index contributed by atoms with van der Waals surface area (Å²) in [6, 6.07) is 9.67. The number of rotatable bonds is 5. The Labute approximate surface area is 158 Å². The van der Waals surface area contributed by atoms with E-state index in [9.17, 15) is 0 Å². The van der Waals surface area contributed by atoms with Crippen LogP contribution in [0.2, 0.25) is 0 Å². The molecule has 0 unspecified atom stereocenters. The fourth-order valence-electron chi connectivity index (χ4n) is 2.86. The fraction of sp³-hybridized carbons (Fsp3) is 0.238. The predicted octanol–water partition coefficient (Wildman–Crippen LogP) is 3.09. The van der Waals surface area contributed by atoms with Crippen LogP contribution in [-0.4, -0.2) is 42.4 Å². The Morgan fingerprint density at radius 2 is 1.59 bits per heavy atom. The van der Waals surface area contributed by atoms with Crippen LogP contribution >= 0.6 is 0 Å². The van der Waals surface area contributed by atoms with Crippen molar-refractivity contribution in [3.8, 4) is 23.3 Å². The minimum Gasteiger partial charge on any atom is -0.497 e. The van der Waals surface area contributed by atoms with Gasteiger partial charge in [-0.25, -0.2) is 0 Å². The molecule has 0 aliphatic carbocycles. The van der Waals surface area contributed by atoms with Gasteiger partial charge in [0.2, 0.25) is 0 Å². The molecule has 6 heteroatoms. The van der Waals surface area contributed by atoms with Crippen LogP contribution in [0.3, 0.4) is 0 Å². The van der Waals surface area contributed by atoms with Gasteiger partial charge in [0.1, 0.15) is 18.1 Å². The summed E-state index contributed by atoms with van der Waals surface area (Å²) in [6.07, 6.45) is 3.36. The molecule has 0 fully saturated rings. The van der Waals surface area contributed by atoms with E-state index in [4.69, 9.17) is 14.6 Å². The molecule has 1 heterocycles. The Hall–Kier alpha value is -3.30. The second-order valence-corrected chi connectivity index (χ2v) is 5.86. The van der Waals surface area contributed by atoms with E-state index in [0.717, 1.165) is 28.0 Å². The molecule has 0 aliphatic rings. The van der Waals surface area contributed by atoms with E-state index in [1.54, 1.807) is 26.6 Å². The molecule has 0 amide bonds. The first kappa shape index (κ1) is 18.5. The Morgan fingerprint density at radius 3 is 2.26 bits per heavy atom. The van der Waals surface area contributed by atoms with Gasteiger partial charge in [-0.05, 0) is 24.6 Å². The second kappa shape index (κ2) is 8.39. The number of fused-ring (bicyclic) bond motifs is 1. The first-order chi connectivity index (χ1) is 13.2. The molecular weight excluding hydrogens is 342 g/mol. The molecule has 0 atom stereocenters. The van der Waals surface area contributed by atoms with Gasteiger partial charge in [0.25, 0.3) is 0 Å². The summed E-state index contributed by atoms with van der Waals surface area (Å²) in [5.74, 6) is 7.05. The van der Waals surface area contributed by atoms with Gasteiger partial charge in [-0.15, -0.1) is 0 Å². The maximum Gasteiger partial charge on any atom is 0.124 e. The minimum absolute atomic E-state index is 0.183. The number of ether oxygens (including phenoxy) is 2. The van der Waals surface area contributed by atoms with Crippen molar-refractivity contribution in [1.29, 1.82) is 0 Å². The van der Waals surface area contributed by atoms with Crippen LogP contribution in [-0.2, 0) is 0 Å². The smallest absolute Gasteiger partial charge is 0.124 e. The van der Waals surface area contributed by atoms with E-state index >= 15 is 0 Å². The molecule has 0 bridgehead atoms. The van der Waals surface area contributed by atoms with Crippen molar-refractivity contribution in [3.05, 3.63) is 48.3 Å². The fourth-order valence-corrected chi connectivity index (χ4v) is 2.86. The molecule has 1 aromatic heterocycles. The number of aryl methyl sites for hydroxylation is 1. The zero-order valence-corrected chi connectivity index (χ0v) is 15.6. The van der Waals surface area contributed by atoms with E-state index in [2.05, 4.69) is 21.8 Å². The highest BCUT2D eigenvalue weighted by Gasteiger charge is 2.14. The van der Waals surface area contributed by atoms with Gasteiger partial charge in [-0.3, -0.25) is 9.97 Å². The van der Waals surface area contributed by atoms with E-state index in [0.29, 0.717) is 18.0 Å². The maximum absolute atomic E-state index is 9.02. The number of aromatic nitrogens is 2. The molecule has 2 aromatic carbocycles. The van der Waals surface area contributed by atoms with E-state index in [1.807, 2.05) is 42.2 Å². The lowest BCUT2D eigenvalue weighted by Crippen LogP contribution is -2.18. The van der Waals surface area contributed by atoms with Crippen molar-refractivity contribution in [3.63, 3.8) is 0 Å². The number of nitrogens with zero attached hydrogens (tertiary/aromatic N) is 3. The monoisotopic (exact) mass is 363 g/mol. The number of methoxy groups -OCH3 is 2. The Balaban J connectivity index is 2.14. The quantitative estimate of drug-likeness (QED) is 0.703. The standard InChI is InChI=1S/C21H21N3O3/c1-15-10-16(13-20-21(15)23-7-6-22-20)24(8-4-5-9-25)17-11-18(26-2)14-19(12-17)27-3/h6-7,10-14,25H,8-9H2,1-3H3. The molecule has 0 radical (unpaired) electrons. The summed E-state index contributed by atoms with van der Waals surface area (Å²) in [6.45, 7) is 2.21. The molecule has 27 heavy (non-hydrogen) atoms. The van der Waals surface area contributed by atoms with Crippen molar-refractivity contribution in [2.45, 2.75) is 6.92 Å². The highest BCUT2D eigenvalue weighted by atomic mass is 16.5. The molecule has 6 nitrogen and oxygen atoms in total. The van der Waals surface area contributed by atoms with Gasteiger partial charge in [0.15, 0.2) is 0 Å². The summed E-state index contributed by atoms with van der Waals surface area (Å²) in [5.41, 5.74) is 4.48. The lowest BCUT2D eigenvalue weighted by molar-refractivity contribution is 0.350. The minimum atomic E-state index is -0.183. The van der Waals surface area contributed by atoms with Gasteiger partial charge in [-0.1, -0.05) is 11.8 Å². The van der Waals surface area contributed by atoms with Crippen LogP contribution in [0.5, 0.6) is 11.5 Å². The van der Waals surface area contributed by atoms with Gasteiger partial charge in [-0.2, -0.15) is 0 Å². The van der Waals surface area contributed by atoms with Crippen molar-refractivity contribution in [2.24, 2.45) is 0 Å². The highest BCUT2D eigenvalue weighted by Crippen LogP contribution is 2.34. The number of anilines is 2. The van der Waals surface area contributed by atoms with Crippen LogP contribution in [0, 0.1) is 18.8 Å². The number of aliphatic hydroxyl groups excluding tert-OH is 1.